The molecule has 2 aromatic heterocycles. The van der Waals surface area contributed by atoms with Crippen LogP contribution in [0.5, 0.6) is 0 Å². The maximum absolute atomic E-state index is 12.5. The van der Waals surface area contributed by atoms with Gasteiger partial charge in [0, 0.05) is 17.8 Å². The Morgan fingerprint density at radius 3 is 2.47 bits per heavy atom. The lowest BCUT2D eigenvalue weighted by Gasteiger charge is -2.10. The molecule has 8 nitrogen and oxygen atoms in total. The molecule has 0 spiro atoms. The highest BCUT2D eigenvalue weighted by molar-refractivity contribution is 6.04. The molecule has 0 bridgehead atoms. The average Bonchev–Trinajstić information content (AvgIpc) is 3.00. The number of esters is 1. The molecule has 8 heteroatoms. The van der Waals surface area contributed by atoms with Gasteiger partial charge in [-0.25, -0.2) is 9.78 Å². The Hall–Kier alpha value is -3.55. The van der Waals surface area contributed by atoms with Gasteiger partial charge in [0.05, 0.1) is 22.3 Å². The Morgan fingerprint density at radius 2 is 1.87 bits per heavy atom. The maximum atomic E-state index is 12.5. The predicted octanol–water partition coefficient (Wildman–Crippen LogP) is 2.91. The van der Waals surface area contributed by atoms with Crippen LogP contribution in [-0.4, -0.2) is 38.7 Å². The SMILES string of the molecule is CCn1c(=O)c(C)nc2cc(C(=O)OCC(=O)c3[nH]c(C)c(C(C)=O)c3C)ccc21. The number of nitrogens with zero attached hydrogens (tertiary/aromatic N) is 2. The van der Waals surface area contributed by atoms with Crippen LogP contribution in [0.4, 0.5) is 0 Å². The van der Waals surface area contributed by atoms with Gasteiger partial charge in [0.15, 0.2) is 12.4 Å². The molecule has 156 valence electrons. The summed E-state index contributed by atoms with van der Waals surface area (Å²) in [5, 5.41) is 0. The first-order chi connectivity index (χ1) is 14.1. The van der Waals surface area contributed by atoms with E-state index in [4.69, 9.17) is 4.74 Å². The van der Waals surface area contributed by atoms with E-state index in [9.17, 15) is 19.2 Å². The fourth-order valence-corrected chi connectivity index (χ4v) is 3.66. The third-order valence-electron chi connectivity index (χ3n) is 5.06. The number of H-pyrrole nitrogens is 1. The molecule has 0 fully saturated rings. The monoisotopic (exact) mass is 409 g/mol. The van der Waals surface area contributed by atoms with Crippen LogP contribution in [-0.2, 0) is 11.3 Å². The zero-order chi connectivity index (χ0) is 22.2. The number of carbonyl (C=O) groups excluding carboxylic acids is 3. The van der Waals surface area contributed by atoms with Crippen molar-refractivity contribution in [1.29, 1.82) is 0 Å². The summed E-state index contributed by atoms with van der Waals surface area (Å²) in [7, 11) is 0. The number of hydrogen-bond acceptors (Lipinski definition) is 6. The molecular weight excluding hydrogens is 386 g/mol. The lowest BCUT2D eigenvalue weighted by atomic mass is 10.1. The predicted molar refractivity (Wildman–Crippen MR) is 111 cm³/mol. The van der Waals surface area contributed by atoms with Gasteiger partial charge in [-0.2, -0.15) is 0 Å². The van der Waals surface area contributed by atoms with Crippen molar-refractivity contribution in [2.45, 2.75) is 41.2 Å². The van der Waals surface area contributed by atoms with E-state index in [1.54, 1.807) is 37.5 Å². The first-order valence-electron chi connectivity index (χ1n) is 9.57. The van der Waals surface area contributed by atoms with Gasteiger partial charge >= 0.3 is 5.97 Å². The summed E-state index contributed by atoms with van der Waals surface area (Å²) in [4.78, 5) is 56.0. The van der Waals surface area contributed by atoms with Crippen molar-refractivity contribution in [3.05, 3.63) is 62.3 Å². The van der Waals surface area contributed by atoms with E-state index in [2.05, 4.69) is 9.97 Å². The zero-order valence-corrected chi connectivity index (χ0v) is 17.6. The standard InChI is InChI=1S/C22H23N3O5/c1-6-25-17-8-7-15(9-16(17)23-13(4)21(25)28)22(29)30-10-18(27)20-11(2)19(14(5)26)12(3)24-20/h7-9,24H,6,10H2,1-5H3. The Labute approximate surface area is 172 Å². The fourth-order valence-electron chi connectivity index (χ4n) is 3.66. The third kappa shape index (κ3) is 3.68. The molecular formula is C22H23N3O5. The number of ketones is 2. The molecule has 0 amide bonds. The number of Topliss-reactive ketones (excluding diaryl/α,β-unsaturated/α-hetero) is 2. The minimum absolute atomic E-state index is 0.137. The highest BCUT2D eigenvalue weighted by atomic mass is 16.5. The molecule has 0 aliphatic rings. The van der Waals surface area contributed by atoms with Crippen LogP contribution in [0, 0.1) is 20.8 Å². The topological polar surface area (TPSA) is 111 Å². The van der Waals surface area contributed by atoms with Crippen LogP contribution >= 0.6 is 0 Å². The second kappa shape index (κ2) is 8.06. The van der Waals surface area contributed by atoms with Crippen molar-refractivity contribution in [3.63, 3.8) is 0 Å². The van der Waals surface area contributed by atoms with Crippen molar-refractivity contribution < 1.29 is 19.1 Å². The number of carbonyl (C=O) groups is 3. The molecule has 0 radical (unpaired) electrons. The van der Waals surface area contributed by atoms with Crippen LogP contribution in [0.2, 0.25) is 0 Å². The van der Waals surface area contributed by atoms with E-state index < -0.39 is 18.4 Å². The molecule has 0 saturated carbocycles. The van der Waals surface area contributed by atoms with Crippen LogP contribution in [0.25, 0.3) is 11.0 Å². The summed E-state index contributed by atoms with van der Waals surface area (Å²) in [5.41, 5.74) is 3.39. The van der Waals surface area contributed by atoms with Gasteiger partial charge in [-0.3, -0.25) is 14.4 Å². The first-order valence-corrected chi connectivity index (χ1v) is 9.57. The van der Waals surface area contributed by atoms with Gasteiger partial charge in [0.25, 0.3) is 5.56 Å². The molecule has 0 aliphatic carbocycles. The van der Waals surface area contributed by atoms with Crippen molar-refractivity contribution >= 4 is 28.6 Å². The van der Waals surface area contributed by atoms with Gasteiger partial charge in [0.1, 0.15) is 5.69 Å². The summed E-state index contributed by atoms with van der Waals surface area (Å²) >= 11 is 0. The van der Waals surface area contributed by atoms with Crippen LogP contribution in [0.15, 0.2) is 23.0 Å². The van der Waals surface area contributed by atoms with E-state index in [1.807, 2.05) is 6.92 Å². The van der Waals surface area contributed by atoms with Crippen LogP contribution < -0.4 is 5.56 Å². The molecule has 3 aromatic rings. The van der Waals surface area contributed by atoms with Gasteiger partial charge in [-0.05, 0) is 58.4 Å². The lowest BCUT2D eigenvalue weighted by Crippen LogP contribution is -2.23. The summed E-state index contributed by atoms with van der Waals surface area (Å²) < 4.78 is 6.76. The lowest BCUT2D eigenvalue weighted by molar-refractivity contribution is 0.0473. The van der Waals surface area contributed by atoms with Crippen molar-refractivity contribution in [1.82, 2.24) is 14.5 Å². The van der Waals surface area contributed by atoms with Crippen molar-refractivity contribution in [3.8, 4) is 0 Å². The summed E-state index contributed by atoms with van der Waals surface area (Å²) in [6, 6.07) is 4.72. The minimum Gasteiger partial charge on any atom is -0.454 e. The van der Waals surface area contributed by atoms with Crippen LogP contribution in [0.1, 0.15) is 62.0 Å². The summed E-state index contributed by atoms with van der Waals surface area (Å²) in [5.74, 6) is -1.24. The van der Waals surface area contributed by atoms with Gasteiger partial charge in [-0.15, -0.1) is 0 Å². The van der Waals surface area contributed by atoms with Crippen LogP contribution in [0.3, 0.4) is 0 Å². The maximum Gasteiger partial charge on any atom is 0.338 e. The number of hydrogen-bond donors (Lipinski definition) is 1. The normalized spacial score (nSPS) is 11.0. The summed E-state index contributed by atoms with van der Waals surface area (Å²) in [6.07, 6.45) is 0. The quantitative estimate of drug-likeness (QED) is 0.495. The van der Waals surface area contributed by atoms with Gasteiger partial charge in [-0.1, -0.05) is 0 Å². The third-order valence-corrected chi connectivity index (χ3v) is 5.06. The van der Waals surface area contributed by atoms with E-state index >= 15 is 0 Å². The van der Waals surface area contributed by atoms with Crippen molar-refractivity contribution in [2.24, 2.45) is 0 Å². The molecule has 2 heterocycles. The van der Waals surface area contributed by atoms with Crippen molar-refractivity contribution in [2.75, 3.05) is 6.61 Å². The number of nitrogens with one attached hydrogen (secondary N) is 1. The number of aromatic nitrogens is 3. The number of ether oxygens (including phenoxy) is 1. The highest BCUT2D eigenvalue weighted by Gasteiger charge is 2.21. The first kappa shape index (κ1) is 21.2. The molecule has 3 rings (SSSR count). The number of aromatic amines is 1. The molecule has 0 saturated heterocycles. The highest BCUT2D eigenvalue weighted by Crippen LogP contribution is 2.19. The largest absolute Gasteiger partial charge is 0.454 e. The molecule has 0 atom stereocenters. The van der Waals surface area contributed by atoms with E-state index in [0.717, 1.165) is 0 Å². The average molecular weight is 409 g/mol. The molecule has 1 N–H and O–H groups in total. The van der Waals surface area contributed by atoms with Gasteiger partial charge < -0.3 is 14.3 Å². The van der Waals surface area contributed by atoms with E-state index in [-0.39, 0.29) is 22.6 Å². The van der Waals surface area contributed by atoms with E-state index in [0.29, 0.717) is 40.1 Å². The number of rotatable bonds is 6. The smallest absolute Gasteiger partial charge is 0.338 e. The second-order valence-corrected chi connectivity index (χ2v) is 7.13. The zero-order valence-electron chi connectivity index (χ0n) is 17.6. The number of benzene rings is 1. The number of fused-ring (bicyclic) bond motifs is 1. The number of aryl methyl sites for hydroxylation is 3. The Bertz CT molecular complexity index is 1250. The Balaban J connectivity index is 1.81. The summed E-state index contributed by atoms with van der Waals surface area (Å²) in [6.45, 7) is 8.32. The molecule has 30 heavy (non-hydrogen) atoms. The molecule has 0 aliphatic heterocycles. The minimum atomic E-state index is -0.674. The second-order valence-electron chi connectivity index (χ2n) is 7.13. The molecule has 1 aromatic carbocycles. The van der Waals surface area contributed by atoms with Gasteiger partial charge in [0.2, 0.25) is 5.78 Å². The molecule has 0 unspecified atom stereocenters. The fraction of sp³-hybridized carbons (Fsp3) is 0.318. The Morgan fingerprint density at radius 1 is 1.17 bits per heavy atom. The van der Waals surface area contributed by atoms with E-state index in [1.165, 1.54) is 13.0 Å². The Kier molecular flexibility index (Phi) is 5.69.